The predicted octanol–water partition coefficient (Wildman–Crippen LogP) is 3.78. The highest BCUT2D eigenvalue weighted by Crippen LogP contribution is 2.33. The van der Waals surface area contributed by atoms with Gasteiger partial charge in [0.05, 0.1) is 6.54 Å². The Morgan fingerprint density at radius 2 is 1.83 bits per heavy atom. The van der Waals surface area contributed by atoms with Crippen molar-refractivity contribution in [2.45, 2.75) is 51.4 Å². The van der Waals surface area contributed by atoms with E-state index in [-0.39, 0.29) is 30.0 Å². The molecular weight excluding hydrogens is 490 g/mol. The molecule has 2 atom stereocenters. The van der Waals surface area contributed by atoms with Crippen molar-refractivity contribution >= 4 is 12.0 Å². The molecule has 1 aromatic carbocycles. The van der Waals surface area contributed by atoms with Crippen LogP contribution in [0.3, 0.4) is 0 Å². The number of nitrogens with one attached hydrogen (secondary N) is 1. The van der Waals surface area contributed by atoms with Gasteiger partial charge < -0.3 is 29.9 Å². The summed E-state index contributed by atoms with van der Waals surface area (Å²) in [5.41, 5.74) is -2.15. The van der Waals surface area contributed by atoms with Gasteiger partial charge in [-0.3, -0.25) is 4.79 Å². The molecule has 9 nitrogen and oxygen atoms in total. The van der Waals surface area contributed by atoms with E-state index in [4.69, 9.17) is 9.47 Å². The topological polar surface area (TPSA) is 121 Å². The Labute approximate surface area is 203 Å². The third kappa shape index (κ3) is 7.20. The Kier molecular flexibility index (Phi) is 7.62. The molecule has 1 aromatic heterocycles. The molecule has 13 heteroatoms. The number of carbonyl (C=O) groups is 2. The van der Waals surface area contributed by atoms with Gasteiger partial charge in [-0.05, 0) is 44.5 Å². The summed E-state index contributed by atoms with van der Waals surface area (Å²) < 4.78 is 64.2. The zero-order chi connectivity index (χ0) is 26.8. The van der Waals surface area contributed by atoms with E-state index in [1.54, 1.807) is 20.8 Å². The lowest BCUT2D eigenvalue weighted by atomic mass is 10.1. The van der Waals surface area contributed by atoms with Crippen LogP contribution >= 0.6 is 0 Å². The lowest BCUT2D eigenvalue weighted by Gasteiger charge is -2.20. The van der Waals surface area contributed by atoms with Crippen LogP contribution in [-0.2, 0) is 17.5 Å². The van der Waals surface area contributed by atoms with Crippen molar-refractivity contribution in [1.82, 2.24) is 15.2 Å². The van der Waals surface area contributed by atoms with E-state index in [2.05, 4.69) is 10.3 Å². The maximum atomic E-state index is 13.6. The number of hydrogen-bond donors (Lipinski definition) is 3. The van der Waals surface area contributed by atoms with Crippen LogP contribution in [0.5, 0.6) is 17.4 Å². The van der Waals surface area contributed by atoms with E-state index in [0.717, 1.165) is 29.2 Å². The summed E-state index contributed by atoms with van der Waals surface area (Å²) in [5, 5.41) is 22.1. The summed E-state index contributed by atoms with van der Waals surface area (Å²) >= 11 is 0. The van der Waals surface area contributed by atoms with Crippen molar-refractivity contribution < 1.29 is 46.8 Å². The van der Waals surface area contributed by atoms with Crippen LogP contribution in [0.15, 0.2) is 30.3 Å². The highest BCUT2D eigenvalue weighted by molar-refractivity contribution is 5.95. The molecule has 0 radical (unpaired) electrons. The molecule has 3 N–H and O–H groups in total. The van der Waals surface area contributed by atoms with Gasteiger partial charge in [0.25, 0.3) is 5.91 Å². The molecule has 0 spiro atoms. The number of likely N-dealkylation sites (tertiary alicyclic amines) is 1. The zero-order valence-corrected chi connectivity index (χ0v) is 19.6. The lowest BCUT2D eigenvalue weighted by Crippen LogP contribution is -2.40. The largest absolute Gasteiger partial charge is 0.508 e. The van der Waals surface area contributed by atoms with Crippen LogP contribution in [0.2, 0.25) is 0 Å². The number of hydrogen-bond acceptors (Lipinski definition) is 7. The number of aliphatic hydroxyl groups is 1. The molecule has 2 unspecified atom stereocenters. The van der Waals surface area contributed by atoms with Gasteiger partial charge in [-0.25, -0.2) is 14.2 Å². The van der Waals surface area contributed by atoms with Crippen LogP contribution in [0.4, 0.5) is 22.4 Å². The number of halogens is 4. The summed E-state index contributed by atoms with van der Waals surface area (Å²) in [6.07, 6.45) is -8.65. The molecule has 3 rings (SSSR count). The van der Waals surface area contributed by atoms with Crippen LogP contribution in [0, 0.1) is 0 Å². The Morgan fingerprint density at radius 1 is 1.14 bits per heavy atom. The zero-order valence-electron chi connectivity index (χ0n) is 19.6. The molecule has 1 aliphatic heterocycles. The normalized spacial score (nSPS) is 18.2. The number of aromatic hydroxyl groups is 1. The fourth-order valence-corrected chi connectivity index (χ4v) is 3.31. The number of aliphatic hydroxyl groups excluding tert-OH is 1. The van der Waals surface area contributed by atoms with Crippen LogP contribution < -0.4 is 10.1 Å². The molecule has 36 heavy (non-hydrogen) atoms. The Hall–Kier alpha value is -3.61. The number of carbonyl (C=O) groups excluding carboxylic acids is 2. The van der Waals surface area contributed by atoms with Crippen LogP contribution in [0.1, 0.15) is 42.4 Å². The maximum Gasteiger partial charge on any atom is 0.433 e. The number of pyridine rings is 1. The second-order valence-electron chi connectivity index (χ2n) is 9.26. The van der Waals surface area contributed by atoms with Gasteiger partial charge >= 0.3 is 12.3 Å². The van der Waals surface area contributed by atoms with E-state index in [1.165, 1.54) is 0 Å². The van der Waals surface area contributed by atoms with Crippen molar-refractivity contribution in [3.05, 3.63) is 47.2 Å². The SMILES string of the molecule is CC(C)(C)NC(=O)OCc1cc(Oc2cc(O)cc(C(=O)N3CC(O)C(F)C3)c2)nc(C(F)(F)F)c1. The standard InChI is InChI=1S/C23H25F4N3O6/c1-22(2,3)29-21(34)35-11-12-4-18(23(25,26)27)28-19(5-12)36-15-7-13(6-14(31)8-15)20(33)30-9-16(24)17(32)10-30/h4-8,16-17,31-32H,9-11H2,1-3H3,(H,29,34). The quantitative estimate of drug-likeness (QED) is 0.519. The number of β-amino-alcohol motifs (C(OH)–C–C–N with tert-alkyl or cyclic N) is 1. The second-order valence-corrected chi connectivity index (χ2v) is 9.26. The first-order valence-electron chi connectivity index (χ1n) is 10.8. The van der Waals surface area contributed by atoms with Crippen molar-refractivity contribution in [3.8, 4) is 17.4 Å². The number of amides is 2. The molecule has 1 aliphatic rings. The Bertz CT molecular complexity index is 1130. The minimum Gasteiger partial charge on any atom is -0.508 e. The average Bonchev–Trinajstić information content (AvgIpc) is 3.07. The van der Waals surface area contributed by atoms with Gasteiger partial charge in [0, 0.05) is 29.8 Å². The summed E-state index contributed by atoms with van der Waals surface area (Å²) in [5.74, 6) is -1.92. The van der Waals surface area contributed by atoms with E-state index in [1.807, 2.05) is 0 Å². The minimum atomic E-state index is -4.85. The maximum absolute atomic E-state index is 13.6. The first-order chi connectivity index (χ1) is 16.6. The molecular formula is C23H25F4N3O6. The monoisotopic (exact) mass is 515 g/mol. The number of alkyl halides is 4. The van der Waals surface area contributed by atoms with Crippen molar-refractivity contribution in [2.24, 2.45) is 0 Å². The molecule has 0 saturated carbocycles. The van der Waals surface area contributed by atoms with Gasteiger partial charge in [-0.1, -0.05) is 0 Å². The predicted molar refractivity (Wildman–Crippen MR) is 117 cm³/mol. The molecule has 2 heterocycles. The fourth-order valence-electron chi connectivity index (χ4n) is 3.31. The highest BCUT2D eigenvalue weighted by Gasteiger charge is 2.35. The van der Waals surface area contributed by atoms with Gasteiger partial charge in [-0.2, -0.15) is 13.2 Å². The van der Waals surface area contributed by atoms with Gasteiger partial charge in [-0.15, -0.1) is 0 Å². The summed E-state index contributed by atoms with van der Waals surface area (Å²) in [6.45, 7) is 3.97. The Morgan fingerprint density at radius 3 is 2.42 bits per heavy atom. The van der Waals surface area contributed by atoms with Gasteiger partial charge in [0.2, 0.25) is 5.88 Å². The van der Waals surface area contributed by atoms with E-state index in [9.17, 15) is 37.4 Å². The Balaban J connectivity index is 1.84. The second kappa shape index (κ2) is 10.2. The molecule has 1 fully saturated rings. The molecule has 2 amide bonds. The number of phenols is 1. The number of ether oxygens (including phenoxy) is 2. The first-order valence-corrected chi connectivity index (χ1v) is 10.8. The smallest absolute Gasteiger partial charge is 0.433 e. The van der Waals surface area contributed by atoms with Crippen LogP contribution in [0.25, 0.3) is 0 Å². The first kappa shape index (κ1) is 27.0. The average molecular weight is 515 g/mol. The van der Waals surface area contributed by atoms with Crippen molar-refractivity contribution in [1.29, 1.82) is 0 Å². The summed E-state index contributed by atoms with van der Waals surface area (Å²) in [6, 6.07) is 5.05. The molecule has 196 valence electrons. The molecule has 0 bridgehead atoms. The molecule has 0 aliphatic carbocycles. The van der Waals surface area contributed by atoms with E-state index < -0.39 is 59.9 Å². The van der Waals surface area contributed by atoms with E-state index in [0.29, 0.717) is 6.07 Å². The number of benzene rings is 1. The molecule has 1 saturated heterocycles. The van der Waals surface area contributed by atoms with Crippen LogP contribution in [-0.4, -0.2) is 63.0 Å². The minimum absolute atomic E-state index is 0.0760. The number of phenolic OH excluding ortho intramolecular Hbond substituents is 1. The highest BCUT2D eigenvalue weighted by atomic mass is 19.4. The lowest BCUT2D eigenvalue weighted by molar-refractivity contribution is -0.141. The van der Waals surface area contributed by atoms with Crippen molar-refractivity contribution in [2.75, 3.05) is 13.1 Å². The third-order valence-corrected chi connectivity index (χ3v) is 4.87. The number of rotatable bonds is 5. The van der Waals surface area contributed by atoms with E-state index >= 15 is 0 Å². The third-order valence-electron chi connectivity index (χ3n) is 4.87. The molecule has 2 aromatic rings. The number of alkyl carbamates (subject to hydrolysis) is 1. The van der Waals surface area contributed by atoms with Gasteiger partial charge in [0.1, 0.15) is 36.1 Å². The summed E-state index contributed by atoms with van der Waals surface area (Å²) in [7, 11) is 0. The number of nitrogens with zero attached hydrogens (tertiary/aromatic N) is 2. The van der Waals surface area contributed by atoms with Crippen molar-refractivity contribution in [3.63, 3.8) is 0 Å². The number of aromatic nitrogens is 1. The van der Waals surface area contributed by atoms with Gasteiger partial charge in [0.15, 0.2) is 0 Å². The summed E-state index contributed by atoms with van der Waals surface area (Å²) in [4.78, 5) is 29.0. The fraction of sp³-hybridized carbons (Fsp3) is 0.435.